The monoisotopic (exact) mass is 258 g/mol. The van der Waals surface area contributed by atoms with E-state index in [4.69, 9.17) is 0 Å². The first kappa shape index (κ1) is 12.5. The summed E-state index contributed by atoms with van der Waals surface area (Å²) in [5.74, 6) is 0.743. The van der Waals surface area contributed by atoms with Crippen molar-refractivity contribution in [3.05, 3.63) is 29.3 Å². The lowest BCUT2D eigenvalue weighted by molar-refractivity contribution is -0.132. The standard InChI is InChI=1S/C16H22N2O/c1-12-3-6-15(11-13(12)2)17-7-9-18(10-8-17)16(19)14-4-5-14/h3,6,11,14H,4-5,7-10H2,1-2H3. The Morgan fingerprint density at radius 1 is 1.05 bits per heavy atom. The maximum absolute atomic E-state index is 12.0. The van der Waals surface area contributed by atoms with Gasteiger partial charge in [0.1, 0.15) is 0 Å². The van der Waals surface area contributed by atoms with Gasteiger partial charge in [-0.15, -0.1) is 0 Å². The van der Waals surface area contributed by atoms with Gasteiger partial charge in [-0.05, 0) is 49.9 Å². The van der Waals surface area contributed by atoms with Gasteiger partial charge in [0, 0.05) is 37.8 Å². The lowest BCUT2D eigenvalue weighted by Gasteiger charge is -2.36. The van der Waals surface area contributed by atoms with E-state index in [1.54, 1.807) is 0 Å². The smallest absolute Gasteiger partial charge is 0.225 e. The topological polar surface area (TPSA) is 23.6 Å². The first-order valence-electron chi connectivity index (χ1n) is 7.26. The summed E-state index contributed by atoms with van der Waals surface area (Å²) >= 11 is 0. The Labute approximate surface area is 115 Å². The molecule has 1 amide bonds. The summed E-state index contributed by atoms with van der Waals surface area (Å²) in [6.45, 7) is 7.98. The number of carbonyl (C=O) groups excluding carboxylic acids is 1. The average Bonchev–Trinajstić information content (AvgIpc) is 3.26. The molecule has 1 aliphatic heterocycles. The van der Waals surface area contributed by atoms with E-state index in [-0.39, 0.29) is 0 Å². The molecule has 0 atom stereocenters. The molecule has 1 heterocycles. The van der Waals surface area contributed by atoms with E-state index in [0.29, 0.717) is 11.8 Å². The van der Waals surface area contributed by atoms with Crippen LogP contribution in [0.4, 0.5) is 5.69 Å². The fraction of sp³-hybridized carbons (Fsp3) is 0.562. The summed E-state index contributed by atoms with van der Waals surface area (Å²) in [5.41, 5.74) is 3.97. The number of hydrogen-bond donors (Lipinski definition) is 0. The second-order valence-electron chi connectivity index (χ2n) is 5.86. The first-order chi connectivity index (χ1) is 9.15. The number of piperazine rings is 1. The predicted octanol–water partition coefficient (Wildman–Crippen LogP) is 2.36. The van der Waals surface area contributed by atoms with E-state index in [0.717, 1.165) is 39.0 Å². The highest BCUT2D eigenvalue weighted by atomic mass is 16.2. The van der Waals surface area contributed by atoms with Gasteiger partial charge in [0.25, 0.3) is 0 Å². The van der Waals surface area contributed by atoms with Gasteiger partial charge < -0.3 is 9.80 Å². The molecule has 0 unspecified atom stereocenters. The van der Waals surface area contributed by atoms with Crippen molar-refractivity contribution in [2.45, 2.75) is 26.7 Å². The highest BCUT2D eigenvalue weighted by molar-refractivity contribution is 5.81. The number of rotatable bonds is 2. The van der Waals surface area contributed by atoms with Crippen molar-refractivity contribution in [2.24, 2.45) is 5.92 Å². The number of benzene rings is 1. The van der Waals surface area contributed by atoms with Gasteiger partial charge in [0.15, 0.2) is 0 Å². The summed E-state index contributed by atoms with van der Waals surface area (Å²) < 4.78 is 0. The van der Waals surface area contributed by atoms with E-state index in [1.807, 2.05) is 0 Å². The molecule has 1 saturated carbocycles. The molecule has 0 bridgehead atoms. The molecule has 3 heteroatoms. The van der Waals surface area contributed by atoms with Gasteiger partial charge in [-0.3, -0.25) is 4.79 Å². The SMILES string of the molecule is Cc1ccc(N2CCN(C(=O)C3CC3)CC2)cc1C. The molecule has 0 spiro atoms. The number of aryl methyl sites for hydroxylation is 2. The summed E-state index contributed by atoms with van der Waals surface area (Å²) in [4.78, 5) is 16.5. The Bertz CT molecular complexity index is 486. The molecule has 3 rings (SSSR count). The van der Waals surface area contributed by atoms with E-state index in [1.165, 1.54) is 16.8 Å². The number of anilines is 1. The highest BCUT2D eigenvalue weighted by Gasteiger charge is 2.34. The second kappa shape index (κ2) is 4.87. The molecule has 3 nitrogen and oxygen atoms in total. The largest absolute Gasteiger partial charge is 0.368 e. The number of amides is 1. The maximum atomic E-state index is 12.0. The van der Waals surface area contributed by atoms with E-state index >= 15 is 0 Å². The minimum absolute atomic E-state index is 0.355. The summed E-state index contributed by atoms with van der Waals surface area (Å²) in [7, 11) is 0. The van der Waals surface area contributed by atoms with Crippen molar-refractivity contribution < 1.29 is 4.79 Å². The van der Waals surface area contributed by atoms with E-state index < -0.39 is 0 Å². The fourth-order valence-electron chi connectivity index (χ4n) is 2.70. The molecular formula is C16H22N2O. The van der Waals surface area contributed by atoms with Crippen LogP contribution in [0.25, 0.3) is 0 Å². The van der Waals surface area contributed by atoms with Crippen LogP contribution < -0.4 is 4.90 Å². The Morgan fingerprint density at radius 2 is 1.74 bits per heavy atom. The van der Waals surface area contributed by atoms with Crippen LogP contribution in [0.3, 0.4) is 0 Å². The zero-order chi connectivity index (χ0) is 13.4. The summed E-state index contributed by atoms with van der Waals surface area (Å²) in [5, 5.41) is 0. The van der Waals surface area contributed by atoms with Crippen LogP contribution in [0.1, 0.15) is 24.0 Å². The van der Waals surface area contributed by atoms with Crippen molar-refractivity contribution in [3.63, 3.8) is 0 Å². The molecule has 19 heavy (non-hydrogen) atoms. The molecular weight excluding hydrogens is 236 g/mol. The zero-order valence-corrected chi connectivity index (χ0v) is 11.9. The van der Waals surface area contributed by atoms with Crippen molar-refractivity contribution in [2.75, 3.05) is 31.1 Å². The highest BCUT2D eigenvalue weighted by Crippen LogP contribution is 2.31. The Morgan fingerprint density at radius 3 is 2.32 bits per heavy atom. The Balaban J connectivity index is 1.62. The molecule has 2 fully saturated rings. The summed E-state index contributed by atoms with van der Waals surface area (Å²) in [6, 6.07) is 6.64. The van der Waals surface area contributed by atoms with Crippen LogP contribution in [0.2, 0.25) is 0 Å². The van der Waals surface area contributed by atoms with E-state index in [2.05, 4.69) is 41.8 Å². The van der Waals surface area contributed by atoms with Gasteiger partial charge in [-0.25, -0.2) is 0 Å². The molecule has 1 aromatic rings. The lowest BCUT2D eigenvalue weighted by atomic mass is 10.1. The number of nitrogens with zero attached hydrogens (tertiary/aromatic N) is 2. The summed E-state index contributed by atoms with van der Waals surface area (Å²) in [6.07, 6.45) is 2.21. The van der Waals surface area contributed by atoms with Gasteiger partial charge in [-0.2, -0.15) is 0 Å². The van der Waals surface area contributed by atoms with Crippen molar-refractivity contribution in [1.82, 2.24) is 4.90 Å². The third kappa shape index (κ3) is 2.60. The van der Waals surface area contributed by atoms with Crippen LogP contribution >= 0.6 is 0 Å². The molecule has 1 aliphatic carbocycles. The third-order valence-electron chi connectivity index (χ3n) is 4.37. The molecule has 102 valence electrons. The molecule has 2 aliphatic rings. The number of hydrogen-bond acceptors (Lipinski definition) is 2. The zero-order valence-electron chi connectivity index (χ0n) is 11.9. The second-order valence-corrected chi connectivity index (χ2v) is 5.86. The quantitative estimate of drug-likeness (QED) is 0.813. The Hall–Kier alpha value is -1.51. The van der Waals surface area contributed by atoms with Crippen molar-refractivity contribution >= 4 is 11.6 Å². The molecule has 0 radical (unpaired) electrons. The molecule has 0 aromatic heterocycles. The predicted molar refractivity (Wildman–Crippen MR) is 77.4 cm³/mol. The van der Waals surface area contributed by atoms with Crippen LogP contribution in [-0.2, 0) is 4.79 Å². The van der Waals surface area contributed by atoms with E-state index in [9.17, 15) is 4.79 Å². The molecule has 1 aromatic carbocycles. The molecule has 1 saturated heterocycles. The van der Waals surface area contributed by atoms with Gasteiger partial charge >= 0.3 is 0 Å². The van der Waals surface area contributed by atoms with Gasteiger partial charge in [0.05, 0.1) is 0 Å². The van der Waals surface area contributed by atoms with Gasteiger partial charge in [0.2, 0.25) is 5.91 Å². The third-order valence-corrected chi connectivity index (χ3v) is 4.37. The van der Waals surface area contributed by atoms with Crippen molar-refractivity contribution in [1.29, 1.82) is 0 Å². The minimum atomic E-state index is 0.355. The number of carbonyl (C=O) groups is 1. The van der Waals surface area contributed by atoms with Crippen LogP contribution in [0.5, 0.6) is 0 Å². The average molecular weight is 258 g/mol. The van der Waals surface area contributed by atoms with Gasteiger partial charge in [-0.1, -0.05) is 6.07 Å². The normalized spacial score (nSPS) is 19.7. The minimum Gasteiger partial charge on any atom is -0.368 e. The van der Waals surface area contributed by atoms with Crippen LogP contribution in [0.15, 0.2) is 18.2 Å². The lowest BCUT2D eigenvalue weighted by Crippen LogP contribution is -2.49. The Kier molecular flexibility index (Phi) is 3.21. The van der Waals surface area contributed by atoms with Crippen LogP contribution in [0, 0.1) is 19.8 Å². The fourth-order valence-corrected chi connectivity index (χ4v) is 2.70. The maximum Gasteiger partial charge on any atom is 0.225 e. The van der Waals surface area contributed by atoms with Crippen molar-refractivity contribution in [3.8, 4) is 0 Å². The first-order valence-corrected chi connectivity index (χ1v) is 7.26. The molecule has 0 N–H and O–H groups in total. The van der Waals surface area contributed by atoms with Crippen LogP contribution in [-0.4, -0.2) is 37.0 Å².